The number of carbonyl (C=O) groups is 2. The topological polar surface area (TPSA) is 62.3 Å². The van der Waals surface area contributed by atoms with E-state index >= 15 is 0 Å². The minimum atomic E-state index is -0.221. The molecule has 0 radical (unpaired) electrons. The molecule has 0 bridgehead atoms. The van der Waals surface area contributed by atoms with Gasteiger partial charge in [-0.1, -0.05) is 36.2 Å². The smallest absolute Gasteiger partial charge is 0.222 e. The van der Waals surface area contributed by atoms with Crippen LogP contribution in [0.15, 0.2) is 48.8 Å². The van der Waals surface area contributed by atoms with Crippen molar-refractivity contribution in [2.45, 2.75) is 45.1 Å². The number of hydrogen-bond donors (Lipinski definition) is 1. The molecule has 2 amide bonds. The summed E-state index contributed by atoms with van der Waals surface area (Å²) in [7, 11) is 0. The van der Waals surface area contributed by atoms with Gasteiger partial charge in [0.25, 0.3) is 0 Å². The van der Waals surface area contributed by atoms with Crippen LogP contribution in [0.25, 0.3) is 0 Å². The van der Waals surface area contributed by atoms with Crippen molar-refractivity contribution in [3.8, 4) is 0 Å². The van der Waals surface area contributed by atoms with E-state index in [2.05, 4.69) is 10.3 Å². The average molecular weight is 365 g/mol. The van der Waals surface area contributed by atoms with Crippen molar-refractivity contribution in [1.29, 1.82) is 0 Å². The SMILES string of the molecule is Cc1ccc(C(NC(=O)CCN2CCCCCC2=O)c2ccncc2)cc1. The monoisotopic (exact) mass is 365 g/mol. The third kappa shape index (κ3) is 5.39. The molecule has 0 saturated carbocycles. The quantitative estimate of drug-likeness (QED) is 0.853. The molecule has 3 rings (SSSR count). The second kappa shape index (κ2) is 9.31. The number of aryl methyl sites for hydroxylation is 1. The molecule has 1 fully saturated rings. The van der Waals surface area contributed by atoms with Gasteiger partial charge >= 0.3 is 0 Å². The maximum absolute atomic E-state index is 12.6. The first-order chi connectivity index (χ1) is 13.1. The van der Waals surface area contributed by atoms with Crippen LogP contribution in [0.4, 0.5) is 0 Å². The lowest BCUT2D eigenvalue weighted by atomic mass is 9.98. The Balaban J connectivity index is 1.67. The summed E-state index contributed by atoms with van der Waals surface area (Å²) in [4.78, 5) is 30.7. The van der Waals surface area contributed by atoms with E-state index in [9.17, 15) is 9.59 Å². The van der Waals surface area contributed by atoms with Crippen LogP contribution in [0.3, 0.4) is 0 Å². The van der Waals surface area contributed by atoms with Crippen LogP contribution in [0.2, 0.25) is 0 Å². The predicted molar refractivity (Wildman–Crippen MR) is 105 cm³/mol. The number of aromatic nitrogens is 1. The number of carbonyl (C=O) groups excluding carboxylic acids is 2. The molecule has 1 aliphatic heterocycles. The molecule has 1 aromatic heterocycles. The Morgan fingerprint density at radius 3 is 2.52 bits per heavy atom. The van der Waals surface area contributed by atoms with Crippen molar-refractivity contribution in [3.05, 3.63) is 65.5 Å². The van der Waals surface area contributed by atoms with Gasteiger partial charge in [-0.3, -0.25) is 14.6 Å². The number of nitrogens with zero attached hydrogens (tertiary/aromatic N) is 2. The zero-order valence-corrected chi connectivity index (χ0v) is 15.9. The average Bonchev–Trinajstić information content (AvgIpc) is 2.90. The van der Waals surface area contributed by atoms with E-state index in [1.54, 1.807) is 12.4 Å². The molecule has 1 saturated heterocycles. The first-order valence-corrected chi connectivity index (χ1v) is 9.67. The fourth-order valence-electron chi connectivity index (χ4n) is 3.42. The summed E-state index contributed by atoms with van der Waals surface area (Å²) in [5, 5.41) is 3.13. The van der Waals surface area contributed by atoms with Gasteiger partial charge in [0.05, 0.1) is 6.04 Å². The summed E-state index contributed by atoms with van der Waals surface area (Å²) < 4.78 is 0. The van der Waals surface area contributed by atoms with Gasteiger partial charge < -0.3 is 10.2 Å². The van der Waals surface area contributed by atoms with Crippen LogP contribution in [-0.4, -0.2) is 34.8 Å². The van der Waals surface area contributed by atoms with Crippen LogP contribution in [0.5, 0.6) is 0 Å². The highest BCUT2D eigenvalue weighted by Gasteiger charge is 2.20. The van der Waals surface area contributed by atoms with Gasteiger partial charge in [-0.15, -0.1) is 0 Å². The first-order valence-electron chi connectivity index (χ1n) is 9.67. The third-order valence-electron chi connectivity index (χ3n) is 5.04. The summed E-state index contributed by atoms with van der Waals surface area (Å²) >= 11 is 0. The van der Waals surface area contributed by atoms with Gasteiger partial charge in [0.15, 0.2) is 0 Å². The van der Waals surface area contributed by atoms with E-state index in [1.807, 2.05) is 48.2 Å². The van der Waals surface area contributed by atoms with Crippen molar-refractivity contribution >= 4 is 11.8 Å². The molecular weight excluding hydrogens is 338 g/mol. The molecule has 5 heteroatoms. The van der Waals surface area contributed by atoms with E-state index < -0.39 is 0 Å². The Kier molecular flexibility index (Phi) is 6.58. The molecule has 0 spiro atoms. The second-order valence-electron chi connectivity index (χ2n) is 7.13. The number of hydrogen-bond acceptors (Lipinski definition) is 3. The maximum atomic E-state index is 12.6. The summed E-state index contributed by atoms with van der Waals surface area (Å²) in [6.07, 6.45) is 7.46. The summed E-state index contributed by atoms with van der Waals surface area (Å²) in [6.45, 7) is 3.29. The van der Waals surface area contributed by atoms with Gasteiger partial charge in [0.2, 0.25) is 11.8 Å². The zero-order chi connectivity index (χ0) is 19.1. The molecule has 5 nitrogen and oxygen atoms in total. The molecule has 0 aliphatic carbocycles. The van der Waals surface area contributed by atoms with Crippen LogP contribution in [-0.2, 0) is 9.59 Å². The van der Waals surface area contributed by atoms with E-state index in [-0.39, 0.29) is 17.9 Å². The molecule has 142 valence electrons. The van der Waals surface area contributed by atoms with E-state index in [0.717, 1.165) is 36.9 Å². The lowest BCUT2D eigenvalue weighted by Gasteiger charge is -2.23. The van der Waals surface area contributed by atoms with Crippen LogP contribution in [0.1, 0.15) is 54.8 Å². The number of rotatable bonds is 6. The van der Waals surface area contributed by atoms with E-state index in [0.29, 0.717) is 19.4 Å². The standard InChI is InChI=1S/C22H27N3O2/c1-17-6-8-18(9-7-17)22(19-10-13-23-14-11-19)24-20(26)12-16-25-15-4-2-3-5-21(25)27/h6-11,13-14,22H,2-5,12,15-16H2,1H3,(H,24,26). The highest BCUT2D eigenvalue weighted by molar-refractivity contribution is 5.79. The molecule has 2 heterocycles. The largest absolute Gasteiger partial charge is 0.345 e. The molecule has 1 aromatic carbocycles. The summed E-state index contributed by atoms with van der Waals surface area (Å²) in [5.41, 5.74) is 3.21. The second-order valence-corrected chi connectivity index (χ2v) is 7.13. The zero-order valence-electron chi connectivity index (χ0n) is 15.9. The Morgan fingerprint density at radius 2 is 1.78 bits per heavy atom. The number of amides is 2. The van der Waals surface area contributed by atoms with E-state index in [1.165, 1.54) is 5.56 Å². The van der Waals surface area contributed by atoms with Crippen molar-refractivity contribution in [2.75, 3.05) is 13.1 Å². The Labute approximate surface area is 160 Å². The first kappa shape index (κ1) is 19.1. The fraction of sp³-hybridized carbons (Fsp3) is 0.409. The number of pyridine rings is 1. The van der Waals surface area contributed by atoms with Crippen molar-refractivity contribution in [1.82, 2.24) is 15.2 Å². The maximum Gasteiger partial charge on any atom is 0.222 e. The highest BCUT2D eigenvalue weighted by Crippen LogP contribution is 2.22. The molecular formula is C22H27N3O2. The number of likely N-dealkylation sites (tertiary alicyclic amines) is 1. The van der Waals surface area contributed by atoms with E-state index in [4.69, 9.17) is 0 Å². The molecule has 2 aromatic rings. The summed E-state index contributed by atoms with van der Waals surface area (Å²) in [5.74, 6) is 0.124. The van der Waals surface area contributed by atoms with Gasteiger partial charge in [0.1, 0.15) is 0 Å². The minimum Gasteiger partial charge on any atom is -0.345 e. The lowest BCUT2D eigenvalue weighted by molar-refractivity contribution is -0.131. The van der Waals surface area contributed by atoms with Gasteiger partial charge in [-0.25, -0.2) is 0 Å². The predicted octanol–water partition coefficient (Wildman–Crippen LogP) is 3.39. The summed E-state index contributed by atoms with van der Waals surface area (Å²) in [6, 6.07) is 11.8. The Hall–Kier alpha value is -2.69. The van der Waals surface area contributed by atoms with Crippen LogP contribution < -0.4 is 5.32 Å². The number of benzene rings is 1. The molecule has 1 atom stereocenters. The molecule has 1 unspecified atom stereocenters. The van der Waals surface area contributed by atoms with Gasteiger partial charge in [-0.05, 0) is 43.0 Å². The van der Waals surface area contributed by atoms with Crippen molar-refractivity contribution in [2.24, 2.45) is 0 Å². The third-order valence-corrected chi connectivity index (χ3v) is 5.04. The highest BCUT2D eigenvalue weighted by atomic mass is 16.2. The van der Waals surface area contributed by atoms with Crippen LogP contribution >= 0.6 is 0 Å². The fourth-order valence-corrected chi connectivity index (χ4v) is 3.42. The normalized spacial score (nSPS) is 15.9. The Morgan fingerprint density at radius 1 is 1.07 bits per heavy atom. The molecule has 1 aliphatic rings. The van der Waals surface area contributed by atoms with Crippen molar-refractivity contribution < 1.29 is 9.59 Å². The minimum absolute atomic E-state index is 0.0468. The van der Waals surface area contributed by atoms with Gasteiger partial charge in [0, 0.05) is 38.3 Å². The molecule has 27 heavy (non-hydrogen) atoms. The van der Waals surface area contributed by atoms with Gasteiger partial charge in [-0.2, -0.15) is 0 Å². The lowest BCUT2D eigenvalue weighted by Crippen LogP contribution is -2.36. The Bertz CT molecular complexity index is 759. The van der Waals surface area contributed by atoms with Crippen LogP contribution in [0, 0.1) is 6.92 Å². The van der Waals surface area contributed by atoms with Crippen molar-refractivity contribution in [3.63, 3.8) is 0 Å². The molecule has 1 N–H and O–H groups in total. The number of nitrogens with one attached hydrogen (secondary N) is 1.